The van der Waals surface area contributed by atoms with Gasteiger partial charge in [-0.15, -0.1) is 11.3 Å². The molecule has 0 aliphatic carbocycles. The Morgan fingerprint density at radius 3 is 2.95 bits per heavy atom. The van der Waals surface area contributed by atoms with E-state index >= 15 is 0 Å². The quantitative estimate of drug-likeness (QED) is 0.760. The normalized spacial score (nSPS) is 21.7. The predicted octanol–water partition coefficient (Wildman–Crippen LogP) is 1.12. The average Bonchev–Trinajstić information content (AvgIpc) is 3.00. The number of aromatic nitrogens is 1. The highest BCUT2D eigenvalue weighted by Gasteiger charge is 2.38. The maximum Gasteiger partial charge on any atom is 0.326 e. The first kappa shape index (κ1) is 16.3. The number of hydrogen-bond donors (Lipinski definition) is 2. The number of carboxylic acid groups (broad SMARTS) is 1. The van der Waals surface area contributed by atoms with E-state index < -0.39 is 18.1 Å². The molecule has 0 spiro atoms. The maximum atomic E-state index is 12.0. The smallest absolute Gasteiger partial charge is 0.326 e. The second-order valence-corrected chi connectivity index (χ2v) is 7.12. The highest BCUT2D eigenvalue weighted by Crippen LogP contribution is 2.21. The summed E-state index contributed by atoms with van der Waals surface area (Å²) in [5.41, 5.74) is 1.01. The number of rotatable bonds is 6. The van der Waals surface area contributed by atoms with Gasteiger partial charge in [0.2, 0.25) is 5.91 Å². The van der Waals surface area contributed by atoms with Crippen molar-refractivity contribution in [2.45, 2.75) is 37.7 Å². The second kappa shape index (κ2) is 7.24. The number of β-amino-alcohol motifs (C(OH)–C–C–N with tert-alkyl or cyclic N) is 1. The maximum absolute atomic E-state index is 12.0. The van der Waals surface area contributed by atoms with E-state index in [1.54, 1.807) is 23.1 Å². The third kappa shape index (κ3) is 4.42. The lowest BCUT2D eigenvalue weighted by atomic mass is 10.2. The van der Waals surface area contributed by atoms with Crippen LogP contribution in [0.25, 0.3) is 0 Å². The van der Waals surface area contributed by atoms with Crippen molar-refractivity contribution >= 4 is 35.0 Å². The summed E-state index contributed by atoms with van der Waals surface area (Å²) < 4.78 is 0. The minimum atomic E-state index is -1.05. The van der Waals surface area contributed by atoms with Crippen LogP contribution in [-0.4, -0.2) is 56.4 Å². The van der Waals surface area contributed by atoms with Gasteiger partial charge >= 0.3 is 5.97 Å². The third-order valence-corrected chi connectivity index (χ3v) is 5.08. The minimum Gasteiger partial charge on any atom is -0.480 e. The van der Waals surface area contributed by atoms with Gasteiger partial charge in [0.25, 0.3) is 0 Å². The molecule has 21 heavy (non-hydrogen) atoms. The monoisotopic (exact) mass is 330 g/mol. The molecule has 1 aliphatic heterocycles. The van der Waals surface area contributed by atoms with Gasteiger partial charge in [-0.1, -0.05) is 0 Å². The fraction of sp³-hybridized carbons (Fsp3) is 0.615. The van der Waals surface area contributed by atoms with Crippen LogP contribution in [0.4, 0.5) is 0 Å². The van der Waals surface area contributed by atoms with Crippen molar-refractivity contribution in [1.29, 1.82) is 0 Å². The first-order valence-corrected chi connectivity index (χ1v) is 8.70. The zero-order valence-corrected chi connectivity index (χ0v) is 13.3. The van der Waals surface area contributed by atoms with E-state index in [9.17, 15) is 14.7 Å². The number of aliphatic carboxylic acids is 1. The summed E-state index contributed by atoms with van der Waals surface area (Å²) in [6.07, 6.45) is -0.336. The molecule has 2 rings (SSSR count). The van der Waals surface area contributed by atoms with Crippen molar-refractivity contribution in [3.8, 4) is 0 Å². The Hall–Kier alpha value is -1.12. The third-order valence-electron chi connectivity index (χ3n) is 3.26. The van der Waals surface area contributed by atoms with Crippen LogP contribution in [0.2, 0.25) is 0 Å². The van der Waals surface area contributed by atoms with E-state index in [-0.39, 0.29) is 25.3 Å². The molecule has 1 fully saturated rings. The van der Waals surface area contributed by atoms with Crippen molar-refractivity contribution in [1.82, 2.24) is 9.88 Å². The van der Waals surface area contributed by atoms with E-state index in [1.165, 1.54) is 4.90 Å². The second-order valence-electron chi connectivity index (χ2n) is 4.95. The molecule has 2 atom stereocenters. The zero-order chi connectivity index (χ0) is 15.4. The topological polar surface area (TPSA) is 90.7 Å². The first-order chi connectivity index (χ1) is 9.97. The summed E-state index contributed by atoms with van der Waals surface area (Å²) in [6.45, 7) is 2.07. The van der Waals surface area contributed by atoms with Crippen LogP contribution >= 0.6 is 23.1 Å². The zero-order valence-electron chi connectivity index (χ0n) is 11.7. The lowest BCUT2D eigenvalue weighted by Crippen LogP contribution is -2.40. The number of carboxylic acids is 1. The van der Waals surface area contributed by atoms with E-state index in [0.717, 1.165) is 16.5 Å². The van der Waals surface area contributed by atoms with Crippen LogP contribution in [-0.2, 0) is 15.3 Å². The summed E-state index contributed by atoms with van der Waals surface area (Å²) in [6, 6.07) is -0.890. The van der Waals surface area contributed by atoms with Gasteiger partial charge in [0.1, 0.15) is 6.04 Å². The fourth-order valence-corrected chi connectivity index (χ4v) is 3.82. The standard InChI is InChI=1S/C13H18N2O4S2/c1-8-14-9(7-21-8)6-20-3-2-12(17)15-5-10(16)4-11(15)13(18)19/h7,10-11,16H,2-6H2,1H3,(H,18,19)/t10-,11-/m1/s1. The molecular formula is C13H18N2O4S2. The van der Waals surface area contributed by atoms with Gasteiger partial charge in [-0.05, 0) is 6.92 Å². The van der Waals surface area contributed by atoms with E-state index in [4.69, 9.17) is 5.11 Å². The van der Waals surface area contributed by atoms with Crippen LogP contribution in [0.1, 0.15) is 23.5 Å². The number of aryl methyl sites for hydroxylation is 1. The molecule has 1 amide bonds. The number of thioether (sulfide) groups is 1. The Balaban J connectivity index is 1.75. The first-order valence-electron chi connectivity index (χ1n) is 6.66. The molecule has 0 aromatic carbocycles. The number of carbonyl (C=O) groups is 2. The van der Waals surface area contributed by atoms with Gasteiger partial charge in [-0.2, -0.15) is 11.8 Å². The molecule has 1 aromatic heterocycles. The molecule has 8 heteroatoms. The van der Waals surface area contributed by atoms with Crippen molar-refractivity contribution in [2.75, 3.05) is 12.3 Å². The molecule has 0 saturated carbocycles. The SMILES string of the molecule is Cc1nc(CSCCC(=O)N2C[C@H](O)C[C@@H]2C(=O)O)cs1. The lowest BCUT2D eigenvalue weighted by Gasteiger charge is -2.20. The highest BCUT2D eigenvalue weighted by molar-refractivity contribution is 7.98. The fourth-order valence-electron chi connectivity index (χ4n) is 2.28. The molecule has 116 valence electrons. The van der Waals surface area contributed by atoms with Gasteiger partial charge in [0.05, 0.1) is 16.8 Å². The lowest BCUT2D eigenvalue weighted by molar-refractivity contribution is -0.148. The Labute approximate surface area is 131 Å². The summed E-state index contributed by atoms with van der Waals surface area (Å²) in [4.78, 5) is 28.7. The van der Waals surface area contributed by atoms with Crippen molar-refractivity contribution < 1.29 is 19.8 Å². The van der Waals surface area contributed by atoms with E-state index in [2.05, 4.69) is 4.98 Å². The molecule has 0 bridgehead atoms. The Bertz CT molecular complexity index is 520. The van der Waals surface area contributed by atoms with Gasteiger partial charge in [0.15, 0.2) is 0 Å². The summed E-state index contributed by atoms with van der Waals surface area (Å²) >= 11 is 3.20. The minimum absolute atomic E-state index is 0.117. The summed E-state index contributed by atoms with van der Waals surface area (Å²) in [5.74, 6) is 0.114. The molecule has 0 radical (unpaired) electrons. The van der Waals surface area contributed by atoms with Crippen LogP contribution in [0.5, 0.6) is 0 Å². The number of thiazole rings is 1. The number of aliphatic hydroxyl groups is 1. The van der Waals surface area contributed by atoms with E-state index in [0.29, 0.717) is 5.75 Å². The van der Waals surface area contributed by atoms with Gasteiger partial charge in [-0.25, -0.2) is 9.78 Å². The Kier molecular flexibility index (Phi) is 5.60. The van der Waals surface area contributed by atoms with Gasteiger partial charge < -0.3 is 15.1 Å². The Morgan fingerprint density at radius 1 is 1.57 bits per heavy atom. The molecule has 0 unspecified atom stereocenters. The molecule has 1 aromatic rings. The Morgan fingerprint density at radius 2 is 2.33 bits per heavy atom. The molecule has 2 heterocycles. The van der Waals surface area contributed by atoms with Crippen molar-refractivity contribution in [3.05, 3.63) is 16.1 Å². The van der Waals surface area contributed by atoms with E-state index in [1.807, 2.05) is 12.3 Å². The number of likely N-dealkylation sites (tertiary alicyclic amines) is 1. The number of hydrogen-bond acceptors (Lipinski definition) is 6. The highest BCUT2D eigenvalue weighted by atomic mass is 32.2. The van der Waals surface area contributed by atoms with Crippen molar-refractivity contribution in [2.24, 2.45) is 0 Å². The number of nitrogens with zero attached hydrogens (tertiary/aromatic N) is 2. The van der Waals surface area contributed by atoms with Crippen LogP contribution in [0.15, 0.2) is 5.38 Å². The van der Waals surface area contributed by atoms with Crippen LogP contribution < -0.4 is 0 Å². The molecule has 1 saturated heterocycles. The average molecular weight is 330 g/mol. The molecule has 6 nitrogen and oxygen atoms in total. The largest absolute Gasteiger partial charge is 0.480 e. The van der Waals surface area contributed by atoms with Crippen LogP contribution in [0.3, 0.4) is 0 Å². The molecular weight excluding hydrogens is 312 g/mol. The summed E-state index contributed by atoms with van der Waals surface area (Å²) in [5, 5.41) is 21.6. The van der Waals surface area contributed by atoms with Gasteiger partial charge in [-0.3, -0.25) is 4.79 Å². The number of carbonyl (C=O) groups excluding carboxylic acids is 1. The number of aliphatic hydroxyl groups excluding tert-OH is 1. The van der Waals surface area contributed by atoms with Crippen molar-refractivity contribution in [3.63, 3.8) is 0 Å². The van der Waals surface area contributed by atoms with Gasteiger partial charge in [0, 0.05) is 36.3 Å². The molecule has 2 N–H and O–H groups in total. The molecule has 1 aliphatic rings. The summed E-state index contributed by atoms with van der Waals surface area (Å²) in [7, 11) is 0. The van der Waals surface area contributed by atoms with Crippen LogP contribution in [0, 0.1) is 6.92 Å². The predicted molar refractivity (Wildman–Crippen MR) is 81.4 cm³/mol. The number of amides is 1.